The Morgan fingerprint density at radius 3 is 2.21 bits per heavy atom. The number of halogens is 1. The van der Waals surface area contributed by atoms with E-state index in [-0.39, 0.29) is 17.6 Å². The monoisotopic (exact) mass is 449 g/mol. The van der Waals surface area contributed by atoms with Gasteiger partial charge in [-0.1, -0.05) is 50.5 Å². The molecular formula is C27H32FN3O2. The van der Waals surface area contributed by atoms with Crippen LogP contribution in [-0.2, 0) is 9.59 Å². The van der Waals surface area contributed by atoms with Gasteiger partial charge in [-0.3, -0.25) is 14.5 Å². The summed E-state index contributed by atoms with van der Waals surface area (Å²) in [6, 6.07) is 14.3. The molecule has 0 aromatic heterocycles. The Bertz CT molecular complexity index is 1040. The van der Waals surface area contributed by atoms with Crippen LogP contribution in [0.15, 0.2) is 54.2 Å². The molecule has 6 heteroatoms. The molecule has 4 rings (SSSR count). The first-order valence-corrected chi connectivity index (χ1v) is 11.9. The van der Waals surface area contributed by atoms with Crippen molar-refractivity contribution >= 4 is 23.1 Å². The minimum atomic E-state index is -0.360. The first-order chi connectivity index (χ1) is 16.0. The second-order valence-corrected chi connectivity index (χ2v) is 8.87. The molecule has 0 atom stereocenters. The number of rotatable bonds is 8. The number of amides is 2. The highest BCUT2D eigenvalue weighted by atomic mass is 19.1. The summed E-state index contributed by atoms with van der Waals surface area (Å²) < 4.78 is 13.6. The van der Waals surface area contributed by atoms with Crippen LogP contribution in [0.1, 0.15) is 43.7 Å². The molecule has 2 aromatic carbocycles. The lowest BCUT2D eigenvalue weighted by Crippen LogP contribution is -2.47. The average Bonchev–Trinajstić information content (AvgIpc) is 3.07. The summed E-state index contributed by atoms with van der Waals surface area (Å²) in [4.78, 5) is 32.5. The van der Waals surface area contributed by atoms with Gasteiger partial charge < -0.3 is 9.80 Å². The maximum Gasteiger partial charge on any atom is 0.277 e. The van der Waals surface area contributed by atoms with E-state index in [1.807, 2.05) is 4.90 Å². The van der Waals surface area contributed by atoms with Crippen molar-refractivity contribution in [2.24, 2.45) is 0 Å². The number of nitrogens with zero attached hydrogens (tertiary/aromatic N) is 3. The second kappa shape index (κ2) is 10.2. The van der Waals surface area contributed by atoms with Gasteiger partial charge in [-0.2, -0.15) is 0 Å². The lowest BCUT2D eigenvalue weighted by atomic mass is 10.0. The van der Waals surface area contributed by atoms with Crippen LogP contribution in [0.25, 0.3) is 5.57 Å². The van der Waals surface area contributed by atoms with E-state index < -0.39 is 0 Å². The van der Waals surface area contributed by atoms with Crippen molar-refractivity contribution in [2.45, 2.75) is 39.5 Å². The van der Waals surface area contributed by atoms with E-state index in [1.165, 1.54) is 28.3 Å². The van der Waals surface area contributed by atoms with Gasteiger partial charge in [0, 0.05) is 38.4 Å². The van der Waals surface area contributed by atoms with Crippen LogP contribution in [-0.4, -0.2) is 54.3 Å². The second-order valence-electron chi connectivity index (χ2n) is 8.87. The Kier molecular flexibility index (Phi) is 7.11. The molecule has 1 fully saturated rings. The first kappa shape index (κ1) is 23.0. The number of imide groups is 1. The van der Waals surface area contributed by atoms with Gasteiger partial charge in [-0.05, 0) is 48.7 Å². The zero-order chi connectivity index (χ0) is 23.4. The Morgan fingerprint density at radius 2 is 1.55 bits per heavy atom. The van der Waals surface area contributed by atoms with E-state index in [0.717, 1.165) is 38.8 Å². The zero-order valence-corrected chi connectivity index (χ0v) is 19.5. The molecule has 33 heavy (non-hydrogen) atoms. The minimum absolute atomic E-state index is 0.222. The molecule has 2 amide bonds. The number of piperazine rings is 1. The van der Waals surface area contributed by atoms with E-state index in [0.29, 0.717) is 36.5 Å². The molecule has 0 N–H and O–H groups in total. The fraction of sp³-hybridized carbons (Fsp3) is 0.407. The van der Waals surface area contributed by atoms with Crippen LogP contribution >= 0.6 is 0 Å². The highest BCUT2D eigenvalue weighted by molar-refractivity contribution is 6.35. The fourth-order valence-electron chi connectivity index (χ4n) is 4.65. The van der Waals surface area contributed by atoms with Crippen molar-refractivity contribution in [2.75, 3.05) is 37.6 Å². The average molecular weight is 450 g/mol. The number of hydrogen-bond donors (Lipinski definition) is 0. The number of unbranched alkanes of at least 4 members (excludes halogenated alkanes) is 3. The highest BCUT2D eigenvalue weighted by Gasteiger charge is 2.41. The standard InChI is InChI=1S/C27H32FN3O2/c1-3-4-5-6-14-31-26(32)24(21-10-12-22(28)13-11-21)25(27(31)33)30-17-15-29(16-18-30)23-9-7-8-20(2)19-23/h7-13,19H,3-6,14-18H2,1-2H3. The fourth-order valence-corrected chi connectivity index (χ4v) is 4.65. The third kappa shape index (κ3) is 4.95. The summed E-state index contributed by atoms with van der Waals surface area (Å²) in [5.74, 6) is -0.847. The quantitative estimate of drug-likeness (QED) is 0.436. The van der Waals surface area contributed by atoms with Gasteiger partial charge in [0.25, 0.3) is 11.8 Å². The SMILES string of the molecule is CCCCCCN1C(=O)C(c2ccc(F)cc2)=C(N2CCN(c3cccc(C)c3)CC2)C1=O. The Hall–Kier alpha value is -3.15. The lowest BCUT2D eigenvalue weighted by molar-refractivity contribution is -0.137. The van der Waals surface area contributed by atoms with Crippen LogP contribution in [0.3, 0.4) is 0 Å². The van der Waals surface area contributed by atoms with E-state index in [9.17, 15) is 14.0 Å². The smallest absolute Gasteiger partial charge is 0.277 e. The normalized spacial score (nSPS) is 16.9. The maximum absolute atomic E-state index is 13.6. The number of carbonyl (C=O) groups is 2. The van der Waals surface area contributed by atoms with Crippen molar-refractivity contribution in [3.63, 3.8) is 0 Å². The van der Waals surface area contributed by atoms with Crippen LogP contribution in [0, 0.1) is 12.7 Å². The maximum atomic E-state index is 13.6. The van der Waals surface area contributed by atoms with Crippen LogP contribution in [0.2, 0.25) is 0 Å². The summed E-state index contributed by atoms with van der Waals surface area (Å²) in [6.07, 6.45) is 3.97. The lowest BCUT2D eigenvalue weighted by Gasteiger charge is -2.37. The molecule has 174 valence electrons. The molecule has 1 saturated heterocycles. The van der Waals surface area contributed by atoms with Crippen molar-refractivity contribution in [3.8, 4) is 0 Å². The summed E-state index contributed by atoms with van der Waals surface area (Å²) in [6.45, 7) is 7.47. The summed E-state index contributed by atoms with van der Waals surface area (Å²) in [5.41, 5.74) is 3.85. The highest BCUT2D eigenvalue weighted by Crippen LogP contribution is 2.33. The molecule has 5 nitrogen and oxygen atoms in total. The molecular weight excluding hydrogens is 417 g/mol. The van der Waals surface area contributed by atoms with Crippen LogP contribution in [0.5, 0.6) is 0 Å². The molecule has 2 aromatic rings. The van der Waals surface area contributed by atoms with Crippen LogP contribution < -0.4 is 4.90 Å². The third-order valence-electron chi connectivity index (χ3n) is 6.47. The molecule has 2 heterocycles. The molecule has 2 aliphatic heterocycles. The molecule has 0 aliphatic carbocycles. The van der Waals surface area contributed by atoms with Crippen molar-refractivity contribution < 1.29 is 14.0 Å². The van der Waals surface area contributed by atoms with Crippen LogP contribution in [0.4, 0.5) is 10.1 Å². The molecule has 0 spiro atoms. The number of benzene rings is 2. The minimum Gasteiger partial charge on any atom is -0.368 e. The zero-order valence-electron chi connectivity index (χ0n) is 19.5. The first-order valence-electron chi connectivity index (χ1n) is 11.9. The molecule has 0 radical (unpaired) electrons. The van der Waals surface area contributed by atoms with Gasteiger partial charge in [0.1, 0.15) is 11.5 Å². The number of aryl methyl sites for hydroxylation is 1. The number of anilines is 1. The van der Waals surface area contributed by atoms with Gasteiger partial charge in [-0.25, -0.2) is 4.39 Å². The number of hydrogen-bond acceptors (Lipinski definition) is 4. The van der Waals surface area contributed by atoms with E-state index in [2.05, 4.69) is 43.0 Å². The molecule has 0 unspecified atom stereocenters. The van der Waals surface area contributed by atoms with Gasteiger partial charge >= 0.3 is 0 Å². The third-order valence-corrected chi connectivity index (χ3v) is 6.47. The van der Waals surface area contributed by atoms with Gasteiger partial charge in [0.15, 0.2) is 0 Å². The van der Waals surface area contributed by atoms with Gasteiger partial charge in [0.05, 0.1) is 5.57 Å². The van der Waals surface area contributed by atoms with Crippen molar-refractivity contribution in [1.29, 1.82) is 0 Å². The summed E-state index contributed by atoms with van der Waals surface area (Å²) in [7, 11) is 0. The Morgan fingerprint density at radius 1 is 0.848 bits per heavy atom. The van der Waals surface area contributed by atoms with E-state index >= 15 is 0 Å². The predicted molar refractivity (Wildman–Crippen MR) is 129 cm³/mol. The molecule has 0 saturated carbocycles. The number of carbonyl (C=O) groups excluding carboxylic acids is 2. The van der Waals surface area contributed by atoms with E-state index in [4.69, 9.17) is 0 Å². The summed E-state index contributed by atoms with van der Waals surface area (Å²) in [5, 5.41) is 0. The Balaban J connectivity index is 1.57. The van der Waals surface area contributed by atoms with Gasteiger partial charge in [-0.15, -0.1) is 0 Å². The van der Waals surface area contributed by atoms with Gasteiger partial charge in [0.2, 0.25) is 0 Å². The topological polar surface area (TPSA) is 43.9 Å². The van der Waals surface area contributed by atoms with E-state index in [1.54, 1.807) is 12.1 Å². The van der Waals surface area contributed by atoms with Crippen molar-refractivity contribution in [3.05, 3.63) is 71.2 Å². The largest absolute Gasteiger partial charge is 0.368 e. The molecule has 0 bridgehead atoms. The predicted octanol–water partition coefficient (Wildman–Crippen LogP) is 4.62. The Labute approximate surface area is 195 Å². The summed E-state index contributed by atoms with van der Waals surface area (Å²) >= 11 is 0. The van der Waals surface area contributed by atoms with Crippen molar-refractivity contribution in [1.82, 2.24) is 9.80 Å². The molecule has 2 aliphatic rings.